The first kappa shape index (κ1) is 18.3. The molecular weight excluding hydrogens is 348 g/mol. The molecule has 1 amide bonds. The Labute approximate surface area is 156 Å². The van der Waals surface area contributed by atoms with E-state index >= 15 is 0 Å². The molecule has 7 heteroatoms. The molecule has 0 aliphatic rings. The topological polar surface area (TPSA) is 79.8 Å². The summed E-state index contributed by atoms with van der Waals surface area (Å²) in [7, 11) is 1.67. The molecule has 0 saturated heterocycles. The molecule has 2 N–H and O–H groups in total. The van der Waals surface area contributed by atoms with E-state index in [2.05, 4.69) is 15.3 Å². The molecule has 2 heterocycles. The normalized spacial score (nSPS) is 12.3. The van der Waals surface area contributed by atoms with Crippen molar-refractivity contribution in [1.29, 1.82) is 0 Å². The number of carbonyl (C=O) groups excluding carboxylic acids is 1. The van der Waals surface area contributed by atoms with Gasteiger partial charge in [-0.3, -0.25) is 14.2 Å². The SMILES string of the molecule is CCC(C)NC(=O)CSc1nc2c(-c3ccccc3)c[nH]c2c(=O)n1C. The quantitative estimate of drug-likeness (QED) is 0.516. The van der Waals surface area contributed by atoms with Gasteiger partial charge in [0.1, 0.15) is 11.0 Å². The summed E-state index contributed by atoms with van der Waals surface area (Å²) in [6.07, 6.45) is 2.68. The lowest BCUT2D eigenvalue weighted by atomic mass is 10.1. The summed E-state index contributed by atoms with van der Waals surface area (Å²) >= 11 is 1.27. The van der Waals surface area contributed by atoms with Crippen LogP contribution in [0.1, 0.15) is 20.3 Å². The van der Waals surface area contributed by atoms with Gasteiger partial charge >= 0.3 is 0 Å². The fourth-order valence-corrected chi connectivity index (χ4v) is 3.41. The molecule has 26 heavy (non-hydrogen) atoms. The number of fused-ring (bicyclic) bond motifs is 1. The summed E-state index contributed by atoms with van der Waals surface area (Å²) in [6.45, 7) is 3.99. The molecule has 0 spiro atoms. The Balaban J connectivity index is 1.93. The van der Waals surface area contributed by atoms with Crippen molar-refractivity contribution >= 4 is 28.7 Å². The highest BCUT2D eigenvalue weighted by Crippen LogP contribution is 2.27. The molecule has 2 aromatic heterocycles. The van der Waals surface area contributed by atoms with Crippen molar-refractivity contribution in [2.45, 2.75) is 31.5 Å². The number of aromatic amines is 1. The number of H-pyrrole nitrogens is 1. The average Bonchev–Trinajstić information content (AvgIpc) is 3.08. The Morgan fingerprint density at radius 3 is 2.77 bits per heavy atom. The maximum Gasteiger partial charge on any atom is 0.278 e. The third-order valence-electron chi connectivity index (χ3n) is 4.30. The number of hydrogen-bond acceptors (Lipinski definition) is 4. The minimum absolute atomic E-state index is 0.0592. The summed E-state index contributed by atoms with van der Waals surface area (Å²) in [4.78, 5) is 32.4. The zero-order chi connectivity index (χ0) is 18.7. The van der Waals surface area contributed by atoms with E-state index < -0.39 is 0 Å². The lowest BCUT2D eigenvalue weighted by Crippen LogP contribution is -2.33. The molecule has 0 fully saturated rings. The third-order valence-corrected chi connectivity index (χ3v) is 5.33. The largest absolute Gasteiger partial charge is 0.355 e. The van der Waals surface area contributed by atoms with E-state index in [0.29, 0.717) is 16.2 Å². The number of rotatable bonds is 6. The monoisotopic (exact) mass is 370 g/mol. The number of nitrogens with zero attached hydrogens (tertiary/aromatic N) is 2. The van der Waals surface area contributed by atoms with E-state index in [1.54, 1.807) is 13.2 Å². The average molecular weight is 370 g/mol. The van der Waals surface area contributed by atoms with E-state index in [0.717, 1.165) is 17.5 Å². The van der Waals surface area contributed by atoms with Crippen LogP contribution in [0.15, 0.2) is 46.5 Å². The van der Waals surface area contributed by atoms with Crippen molar-refractivity contribution in [2.75, 3.05) is 5.75 Å². The lowest BCUT2D eigenvalue weighted by Gasteiger charge is -2.12. The second kappa shape index (κ2) is 7.78. The minimum Gasteiger partial charge on any atom is -0.355 e. The minimum atomic E-state index is -0.151. The van der Waals surface area contributed by atoms with E-state index in [4.69, 9.17) is 0 Å². The molecule has 1 aromatic carbocycles. The molecule has 0 aliphatic heterocycles. The summed E-state index contributed by atoms with van der Waals surface area (Å²) in [5.74, 6) is 0.164. The standard InChI is InChI=1S/C19H22N4O2S/c1-4-12(2)21-15(24)11-26-19-22-16-14(13-8-6-5-7-9-13)10-20-17(16)18(25)23(19)3/h5-10,12,20H,4,11H2,1-3H3,(H,21,24). The molecule has 1 atom stereocenters. The van der Waals surface area contributed by atoms with Crippen LogP contribution in [0.4, 0.5) is 0 Å². The first-order valence-corrected chi connectivity index (χ1v) is 9.55. The van der Waals surface area contributed by atoms with Gasteiger partial charge in [0.25, 0.3) is 5.56 Å². The number of nitrogens with one attached hydrogen (secondary N) is 2. The van der Waals surface area contributed by atoms with E-state index in [9.17, 15) is 9.59 Å². The third kappa shape index (κ3) is 3.67. The van der Waals surface area contributed by atoms with Gasteiger partial charge in [0.15, 0.2) is 5.16 Å². The van der Waals surface area contributed by atoms with E-state index in [1.807, 2.05) is 44.2 Å². The molecule has 6 nitrogen and oxygen atoms in total. The van der Waals surface area contributed by atoms with Crippen LogP contribution in [-0.4, -0.2) is 32.2 Å². The number of carbonyl (C=O) groups is 1. The van der Waals surface area contributed by atoms with Crippen LogP contribution in [-0.2, 0) is 11.8 Å². The van der Waals surface area contributed by atoms with E-state index in [-0.39, 0.29) is 23.3 Å². The lowest BCUT2D eigenvalue weighted by molar-refractivity contribution is -0.119. The predicted octanol–water partition coefficient (Wildman–Crippen LogP) is 2.94. The van der Waals surface area contributed by atoms with Crippen molar-refractivity contribution in [3.05, 3.63) is 46.9 Å². The number of amides is 1. The molecule has 0 saturated carbocycles. The van der Waals surface area contributed by atoms with E-state index in [1.165, 1.54) is 16.3 Å². The Bertz CT molecular complexity index is 978. The summed E-state index contributed by atoms with van der Waals surface area (Å²) in [5, 5.41) is 3.45. The molecule has 3 aromatic rings. The van der Waals surface area contributed by atoms with Crippen LogP contribution in [0.25, 0.3) is 22.2 Å². The van der Waals surface area contributed by atoms with Gasteiger partial charge in [0, 0.05) is 24.8 Å². The maximum atomic E-state index is 12.6. The van der Waals surface area contributed by atoms with Crippen LogP contribution >= 0.6 is 11.8 Å². The molecule has 3 rings (SSSR count). The molecular formula is C19H22N4O2S. The Hall–Kier alpha value is -2.54. The van der Waals surface area contributed by atoms with Crippen molar-refractivity contribution < 1.29 is 4.79 Å². The Morgan fingerprint density at radius 2 is 2.08 bits per heavy atom. The van der Waals surface area contributed by atoms with Crippen LogP contribution in [0.2, 0.25) is 0 Å². The number of thioether (sulfide) groups is 1. The van der Waals surface area contributed by atoms with Crippen molar-refractivity contribution in [1.82, 2.24) is 19.9 Å². The highest BCUT2D eigenvalue weighted by Gasteiger charge is 2.16. The zero-order valence-corrected chi connectivity index (χ0v) is 15.9. The zero-order valence-electron chi connectivity index (χ0n) is 15.1. The van der Waals surface area contributed by atoms with Crippen molar-refractivity contribution in [2.24, 2.45) is 7.05 Å². The summed E-state index contributed by atoms with van der Waals surface area (Å²) in [6, 6.07) is 9.94. The molecule has 1 unspecified atom stereocenters. The highest BCUT2D eigenvalue weighted by atomic mass is 32.2. The van der Waals surface area contributed by atoms with Crippen LogP contribution in [0.3, 0.4) is 0 Å². The molecule has 0 aliphatic carbocycles. The number of hydrogen-bond donors (Lipinski definition) is 2. The predicted molar refractivity (Wildman–Crippen MR) is 105 cm³/mol. The van der Waals surface area contributed by atoms with Crippen LogP contribution in [0.5, 0.6) is 0 Å². The van der Waals surface area contributed by atoms with Gasteiger partial charge in [0.05, 0.1) is 5.75 Å². The Kier molecular flexibility index (Phi) is 5.46. The van der Waals surface area contributed by atoms with Crippen LogP contribution < -0.4 is 10.9 Å². The smallest absolute Gasteiger partial charge is 0.278 e. The highest BCUT2D eigenvalue weighted by molar-refractivity contribution is 7.99. The van der Waals surface area contributed by atoms with Gasteiger partial charge in [0.2, 0.25) is 5.91 Å². The molecule has 0 bridgehead atoms. The second-order valence-electron chi connectivity index (χ2n) is 6.22. The molecule has 0 radical (unpaired) electrons. The first-order valence-electron chi connectivity index (χ1n) is 8.57. The van der Waals surface area contributed by atoms with Crippen molar-refractivity contribution in [3.63, 3.8) is 0 Å². The van der Waals surface area contributed by atoms with Gasteiger partial charge in [-0.15, -0.1) is 0 Å². The van der Waals surface area contributed by atoms with Gasteiger partial charge in [-0.1, -0.05) is 49.0 Å². The fourth-order valence-electron chi connectivity index (χ4n) is 2.64. The van der Waals surface area contributed by atoms with Gasteiger partial charge in [-0.25, -0.2) is 4.98 Å². The Morgan fingerprint density at radius 1 is 1.35 bits per heavy atom. The number of aromatic nitrogens is 3. The number of benzene rings is 1. The summed E-state index contributed by atoms with van der Waals surface area (Å²) in [5.41, 5.74) is 2.82. The fraction of sp³-hybridized carbons (Fsp3) is 0.316. The maximum absolute atomic E-state index is 12.6. The van der Waals surface area contributed by atoms with Gasteiger partial charge in [-0.05, 0) is 18.9 Å². The van der Waals surface area contributed by atoms with Gasteiger partial charge < -0.3 is 10.3 Å². The second-order valence-corrected chi connectivity index (χ2v) is 7.16. The van der Waals surface area contributed by atoms with Crippen molar-refractivity contribution in [3.8, 4) is 11.1 Å². The summed E-state index contributed by atoms with van der Waals surface area (Å²) < 4.78 is 1.48. The van der Waals surface area contributed by atoms with Gasteiger partial charge in [-0.2, -0.15) is 0 Å². The van der Waals surface area contributed by atoms with Crippen LogP contribution in [0, 0.1) is 0 Å². The molecule has 136 valence electrons. The first-order chi connectivity index (χ1) is 12.5.